The molecule has 1 heterocycles. The number of carbonyl (C=O) groups excluding carboxylic acids is 2. The maximum atomic E-state index is 13.4. The molecule has 2 aromatic carbocycles. The number of carbonyl (C=O) groups is 2. The van der Waals surface area contributed by atoms with Crippen molar-refractivity contribution in [3.63, 3.8) is 0 Å². The molecule has 27 heavy (non-hydrogen) atoms. The minimum absolute atomic E-state index is 0.119. The number of hydrogen-bond donors (Lipinski definition) is 1. The molecule has 142 valence electrons. The van der Waals surface area contributed by atoms with Crippen molar-refractivity contribution in [1.82, 2.24) is 10.2 Å². The summed E-state index contributed by atoms with van der Waals surface area (Å²) >= 11 is 0. The molecule has 0 aliphatic carbocycles. The SMILES string of the molecule is CCCC(=O)NC1CCN(C(=O)C(c2ccccc2)c2ccccc2)CC1. The Bertz CT molecular complexity index is 698. The first-order valence-electron chi connectivity index (χ1n) is 9.87. The van der Waals surface area contributed by atoms with E-state index in [-0.39, 0.29) is 23.8 Å². The van der Waals surface area contributed by atoms with E-state index in [4.69, 9.17) is 0 Å². The number of hydrogen-bond acceptors (Lipinski definition) is 2. The molecule has 1 N–H and O–H groups in total. The highest BCUT2D eigenvalue weighted by Gasteiger charge is 2.30. The smallest absolute Gasteiger partial charge is 0.234 e. The van der Waals surface area contributed by atoms with Gasteiger partial charge in [-0.2, -0.15) is 0 Å². The monoisotopic (exact) mass is 364 g/mol. The number of amides is 2. The van der Waals surface area contributed by atoms with Gasteiger partial charge < -0.3 is 10.2 Å². The minimum Gasteiger partial charge on any atom is -0.353 e. The van der Waals surface area contributed by atoms with Crippen molar-refractivity contribution < 1.29 is 9.59 Å². The third kappa shape index (κ3) is 4.97. The Balaban J connectivity index is 1.70. The summed E-state index contributed by atoms with van der Waals surface area (Å²) in [6.45, 7) is 3.38. The number of likely N-dealkylation sites (tertiary alicyclic amines) is 1. The minimum atomic E-state index is -0.279. The first-order valence-corrected chi connectivity index (χ1v) is 9.87. The number of piperidine rings is 1. The number of nitrogens with one attached hydrogen (secondary N) is 1. The number of nitrogens with zero attached hydrogens (tertiary/aromatic N) is 1. The van der Waals surface area contributed by atoms with E-state index in [2.05, 4.69) is 5.32 Å². The van der Waals surface area contributed by atoms with Crippen LogP contribution in [0.5, 0.6) is 0 Å². The van der Waals surface area contributed by atoms with Gasteiger partial charge in [-0.1, -0.05) is 67.6 Å². The lowest BCUT2D eigenvalue weighted by molar-refractivity contribution is -0.133. The summed E-state index contributed by atoms with van der Waals surface area (Å²) in [6.07, 6.45) is 3.07. The molecule has 0 saturated carbocycles. The molecule has 4 nitrogen and oxygen atoms in total. The summed E-state index contributed by atoms with van der Waals surface area (Å²) in [5.41, 5.74) is 2.04. The molecule has 0 spiro atoms. The molecular formula is C23H28N2O2. The molecule has 4 heteroatoms. The van der Waals surface area contributed by atoms with Crippen LogP contribution in [0.1, 0.15) is 49.7 Å². The molecule has 1 aliphatic rings. The van der Waals surface area contributed by atoms with Gasteiger partial charge in [0.15, 0.2) is 0 Å². The molecular weight excluding hydrogens is 336 g/mol. The predicted molar refractivity (Wildman–Crippen MR) is 107 cm³/mol. The lowest BCUT2D eigenvalue weighted by atomic mass is 9.89. The van der Waals surface area contributed by atoms with E-state index in [1.807, 2.05) is 72.5 Å². The van der Waals surface area contributed by atoms with Crippen LogP contribution in [0.4, 0.5) is 0 Å². The van der Waals surface area contributed by atoms with E-state index < -0.39 is 0 Å². The molecule has 0 bridgehead atoms. The van der Waals surface area contributed by atoms with Crippen LogP contribution in [0, 0.1) is 0 Å². The fourth-order valence-electron chi connectivity index (χ4n) is 3.72. The van der Waals surface area contributed by atoms with Gasteiger partial charge in [0.25, 0.3) is 0 Å². The van der Waals surface area contributed by atoms with Gasteiger partial charge in [-0.15, -0.1) is 0 Å². The van der Waals surface area contributed by atoms with Crippen LogP contribution in [-0.2, 0) is 9.59 Å². The van der Waals surface area contributed by atoms with Gasteiger partial charge in [-0.05, 0) is 30.4 Å². The van der Waals surface area contributed by atoms with Crippen molar-refractivity contribution in [2.24, 2.45) is 0 Å². The van der Waals surface area contributed by atoms with E-state index in [0.29, 0.717) is 19.5 Å². The van der Waals surface area contributed by atoms with E-state index in [0.717, 1.165) is 30.4 Å². The molecule has 0 radical (unpaired) electrons. The fraction of sp³-hybridized carbons (Fsp3) is 0.391. The van der Waals surface area contributed by atoms with Crippen molar-refractivity contribution >= 4 is 11.8 Å². The summed E-state index contributed by atoms with van der Waals surface area (Å²) < 4.78 is 0. The van der Waals surface area contributed by atoms with E-state index in [9.17, 15) is 9.59 Å². The van der Waals surface area contributed by atoms with Crippen LogP contribution in [-0.4, -0.2) is 35.8 Å². The van der Waals surface area contributed by atoms with Gasteiger partial charge in [-0.3, -0.25) is 9.59 Å². The number of rotatable bonds is 6. The Morgan fingerprint density at radius 1 is 0.963 bits per heavy atom. The van der Waals surface area contributed by atoms with Crippen molar-refractivity contribution in [3.8, 4) is 0 Å². The maximum Gasteiger partial charge on any atom is 0.234 e. The van der Waals surface area contributed by atoms with Crippen LogP contribution >= 0.6 is 0 Å². The Morgan fingerprint density at radius 2 is 1.48 bits per heavy atom. The zero-order valence-corrected chi connectivity index (χ0v) is 15.9. The molecule has 2 amide bonds. The maximum absolute atomic E-state index is 13.4. The Labute approximate surface area is 161 Å². The highest BCUT2D eigenvalue weighted by molar-refractivity contribution is 5.87. The molecule has 1 saturated heterocycles. The second-order valence-electron chi connectivity index (χ2n) is 7.17. The third-order valence-corrected chi connectivity index (χ3v) is 5.16. The predicted octanol–water partition coefficient (Wildman–Crippen LogP) is 3.73. The standard InChI is InChI=1S/C23H28N2O2/c1-2-9-21(26)24-20-14-16-25(17-15-20)23(27)22(18-10-5-3-6-11-18)19-12-7-4-8-13-19/h3-8,10-13,20,22H,2,9,14-17H2,1H3,(H,24,26). The number of benzene rings is 2. The van der Waals surface area contributed by atoms with Gasteiger partial charge >= 0.3 is 0 Å². The van der Waals surface area contributed by atoms with Crippen LogP contribution in [0.15, 0.2) is 60.7 Å². The van der Waals surface area contributed by atoms with Crippen molar-refractivity contribution in [3.05, 3.63) is 71.8 Å². The highest BCUT2D eigenvalue weighted by Crippen LogP contribution is 2.28. The highest BCUT2D eigenvalue weighted by atomic mass is 16.2. The van der Waals surface area contributed by atoms with Crippen molar-refractivity contribution in [2.45, 2.75) is 44.6 Å². The summed E-state index contributed by atoms with van der Waals surface area (Å²) in [5.74, 6) is -0.0157. The zero-order valence-electron chi connectivity index (χ0n) is 15.9. The van der Waals surface area contributed by atoms with Gasteiger partial charge in [0.1, 0.15) is 0 Å². The fourth-order valence-corrected chi connectivity index (χ4v) is 3.72. The normalized spacial score (nSPS) is 15.0. The quantitative estimate of drug-likeness (QED) is 0.849. The van der Waals surface area contributed by atoms with Gasteiger partial charge in [0.05, 0.1) is 5.92 Å². The van der Waals surface area contributed by atoms with E-state index >= 15 is 0 Å². The average molecular weight is 364 g/mol. The Hall–Kier alpha value is -2.62. The van der Waals surface area contributed by atoms with Gasteiger partial charge in [-0.25, -0.2) is 0 Å². The molecule has 3 rings (SSSR count). The molecule has 1 aliphatic heterocycles. The average Bonchev–Trinajstić information content (AvgIpc) is 2.70. The van der Waals surface area contributed by atoms with Crippen molar-refractivity contribution in [2.75, 3.05) is 13.1 Å². The van der Waals surface area contributed by atoms with Gasteiger partial charge in [0.2, 0.25) is 11.8 Å². The first kappa shape index (κ1) is 19.2. The summed E-state index contributed by atoms with van der Waals surface area (Å²) in [4.78, 5) is 27.1. The molecule has 0 atom stereocenters. The Kier molecular flexibility index (Phi) is 6.64. The Morgan fingerprint density at radius 3 is 1.96 bits per heavy atom. The molecule has 2 aromatic rings. The summed E-state index contributed by atoms with van der Waals surface area (Å²) in [5, 5.41) is 3.09. The second-order valence-corrected chi connectivity index (χ2v) is 7.17. The van der Waals surface area contributed by atoms with Crippen LogP contribution in [0.25, 0.3) is 0 Å². The van der Waals surface area contributed by atoms with Crippen LogP contribution in [0.2, 0.25) is 0 Å². The van der Waals surface area contributed by atoms with Crippen molar-refractivity contribution in [1.29, 1.82) is 0 Å². The summed E-state index contributed by atoms with van der Waals surface area (Å²) in [6, 6.07) is 20.1. The zero-order chi connectivity index (χ0) is 19.1. The molecule has 0 aromatic heterocycles. The van der Waals surface area contributed by atoms with Crippen LogP contribution < -0.4 is 5.32 Å². The van der Waals surface area contributed by atoms with Gasteiger partial charge in [0, 0.05) is 25.6 Å². The molecule has 0 unspecified atom stereocenters. The van der Waals surface area contributed by atoms with Crippen LogP contribution in [0.3, 0.4) is 0 Å². The lowest BCUT2D eigenvalue weighted by Crippen LogP contribution is -2.47. The van der Waals surface area contributed by atoms with E-state index in [1.54, 1.807) is 0 Å². The second kappa shape index (κ2) is 9.36. The largest absolute Gasteiger partial charge is 0.353 e. The molecule has 1 fully saturated rings. The first-order chi connectivity index (χ1) is 13.2. The topological polar surface area (TPSA) is 49.4 Å². The summed E-state index contributed by atoms with van der Waals surface area (Å²) in [7, 11) is 0. The third-order valence-electron chi connectivity index (χ3n) is 5.16. The lowest BCUT2D eigenvalue weighted by Gasteiger charge is -2.35. The van der Waals surface area contributed by atoms with E-state index in [1.165, 1.54) is 0 Å².